The first-order valence-electron chi connectivity index (χ1n) is 8.81. The summed E-state index contributed by atoms with van der Waals surface area (Å²) in [5.74, 6) is -0.241. The molecule has 27 heavy (non-hydrogen) atoms. The van der Waals surface area contributed by atoms with Gasteiger partial charge in [-0.25, -0.2) is 5.01 Å². The second-order valence-corrected chi connectivity index (χ2v) is 6.98. The Kier molecular flexibility index (Phi) is 6.21. The first-order chi connectivity index (χ1) is 13.0. The maximum atomic E-state index is 12.5. The first-order valence-corrected chi connectivity index (χ1v) is 9.19. The number of anilines is 1. The van der Waals surface area contributed by atoms with Crippen molar-refractivity contribution < 1.29 is 14.5 Å². The molecule has 2 aromatic carbocycles. The van der Waals surface area contributed by atoms with Gasteiger partial charge in [-0.15, -0.1) is 0 Å². The predicted molar refractivity (Wildman–Crippen MR) is 106 cm³/mol. The highest BCUT2D eigenvalue weighted by Crippen LogP contribution is 2.14. The van der Waals surface area contributed by atoms with Gasteiger partial charge in [0, 0.05) is 17.1 Å². The van der Waals surface area contributed by atoms with E-state index >= 15 is 0 Å². The van der Waals surface area contributed by atoms with Crippen LogP contribution in [0.2, 0.25) is 5.02 Å². The molecule has 1 heterocycles. The molecular weight excluding hydrogens is 364 g/mol. The van der Waals surface area contributed by atoms with Crippen LogP contribution in [-0.4, -0.2) is 49.2 Å². The number of halogens is 1. The Hall–Kier alpha value is -2.70. The quantitative estimate of drug-likeness (QED) is 0.790. The Labute approximate surface area is 163 Å². The van der Waals surface area contributed by atoms with Gasteiger partial charge in [-0.2, -0.15) is 5.10 Å². The van der Waals surface area contributed by atoms with Crippen molar-refractivity contribution >= 4 is 34.8 Å². The summed E-state index contributed by atoms with van der Waals surface area (Å²) in [6.07, 6.45) is 0.742. The van der Waals surface area contributed by atoms with Crippen LogP contribution in [0.4, 0.5) is 5.69 Å². The van der Waals surface area contributed by atoms with Crippen molar-refractivity contribution in [3.8, 4) is 0 Å². The zero-order valence-electron chi connectivity index (χ0n) is 15.1. The molecule has 0 fully saturated rings. The van der Waals surface area contributed by atoms with Gasteiger partial charge < -0.3 is 10.2 Å². The molecule has 140 valence electrons. The first kappa shape index (κ1) is 19.1. The van der Waals surface area contributed by atoms with Crippen molar-refractivity contribution in [1.29, 1.82) is 0 Å². The number of carbonyl (C=O) groups excluding carboxylic acids is 2. The van der Waals surface area contributed by atoms with Crippen LogP contribution >= 0.6 is 11.6 Å². The molecule has 3 rings (SSSR count). The smallest absolute Gasteiger partial charge is 0.297 e. The lowest BCUT2D eigenvalue weighted by atomic mass is 10.1. The van der Waals surface area contributed by atoms with Crippen LogP contribution in [0.5, 0.6) is 0 Å². The Morgan fingerprint density at radius 2 is 1.81 bits per heavy atom. The van der Waals surface area contributed by atoms with E-state index in [-0.39, 0.29) is 24.9 Å². The number of rotatable bonds is 6. The number of amides is 2. The van der Waals surface area contributed by atoms with E-state index in [2.05, 4.69) is 10.4 Å². The van der Waals surface area contributed by atoms with E-state index in [4.69, 9.17) is 11.6 Å². The fourth-order valence-corrected chi connectivity index (χ4v) is 3.02. The van der Waals surface area contributed by atoms with Gasteiger partial charge in [0.1, 0.15) is 0 Å². The number of carbonyl (C=O) groups is 2. The fraction of sp³-hybridized carbons (Fsp3) is 0.250. The van der Waals surface area contributed by atoms with E-state index in [1.807, 2.05) is 37.4 Å². The Morgan fingerprint density at radius 3 is 2.52 bits per heavy atom. The summed E-state index contributed by atoms with van der Waals surface area (Å²) < 4.78 is 0. The zero-order valence-corrected chi connectivity index (χ0v) is 15.9. The van der Waals surface area contributed by atoms with E-state index in [1.165, 1.54) is 5.01 Å². The number of hydrazone groups is 1. The molecule has 7 heteroatoms. The average Bonchev–Trinajstić information content (AvgIpc) is 3.14. The Balaban J connectivity index is 1.49. The predicted octanol–water partition coefficient (Wildman–Crippen LogP) is 1.43. The molecule has 1 unspecified atom stereocenters. The highest BCUT2D eigenvalue weighted by atomic mass is 35.5. The summed E-state index contributed by atoms with van der Waals surface area (Å²) in [4.78, 5) is 25.4. The van der Waals surface area contributed by atoms with Gasteiger partial charge in [0.15, 0.2) is 13.1 Å². The largest absolute Gasteiger partial charge is 0.322 e. The van der Waals surface area contributed by atoms with E-state index in [0.717, 1.165) is 22.6 Å². The van der Waals surface area contributed by atoms with Gasteiger partial charge in [-0.05, 0) is 29.8 Å². The van der Waals surface area contributed by atoms with Crippen LogP contribution in [0.1, 0.15) is 12.0 Å². The molecule has 0 radical (unpaired) electrons. The highest BCUT2D eigenvalue weighted by molar-refractivity contribution is 6.30. The van der Waals surface area contributed by atoms with Crippen LogP contribution < -0.4 is 10.2 Å². The molecule has 0 bridgehead atoms. The number of hydrogen-bond acceptors (Lipinski definition) is 3. The van der Waals surface area contributed by atoms with Crippen molar-refractivity contribution in [1.82, 2.24) is 5.01 Å². The van der Waals surface area contributed by atoms with Crippen molar-refractivity contribution in [3.05, 3.63) is 65.2 Å². The van der Waals surface area contributed by atoms with Gasteiger partial charge in [0.05, 0.1) is 19.3 Å². The number of quaternary nitrogens is 1. The second kappa shape index (κ2) is 8.79. The van der Waals surface area contributed by atoms with Gasteiger partial charge in [0.25, 0.3) is 11.8 Å². The summed E-state index contributed by atoms with van der Waals surface area (Å²) in [6.45, 7) is 0.977. The van der Waals surface area contributed by atoms with Crippen LogP contribution in [-0.2, 0) is 9.59 Å². The molecule has 1 aliphatic rings. The maximum Gasteiger partial charge on any atom is 0.297 e. The number of benzene rings is 2. The summed E-state index contributed by atoms with van der Waals surface area (Å²) in [5.41, 5.74) is 2.64. The number of nitrogens with one attached hydrogen (secondary N) is 2. The molecule has 1 atom stereocenters. The Bertz CT molecular complexity index is 837. The van der Waals surface area contributed by atoms with Crippen LogP contribution in [0.3, 0.4) is 0 Å². The van der Waals surface area contributed by atoms with Gasteiger partial charge in [0.2, 0.25) is 0 Å². The standard InChI is InChI=1S/C20H21ClN4O2/c1-24(13-19(26)22-17-9-7-16(21)8-10-17)14-20(27)25-12-11-18(23-25)15-5-3-2-4-6-15/h2-10H,11-14H2,1H3,(H,22,26)/p+1. The monoisotopic (exact) mass is 385 g/mol. The summed E-state index contributed by atoms with van der Waals surface area (Å²) in [5, 5.41) is 9.36. The molecule has 6 nitrogen and oxygen atoms in total. The lowest BCUT2D eigenvalue weighted by Gasteiger charge is -2.16. The van der Waals surface area contributed by atoms with E-state index in [1.54, 1.807) is 24.3 Å². The molecule has 2 amide bonds. The minimum absolute atomic E-state index is 0.0854. The molecule has 0 spiro atoms. The lowest BCUT2D eigenvalue weighted by Crippen LogP contribution is -3.11. The van der Waals surface area contributed by atoms with Crippen LogP contribution in [0, 0.1) is 0 Å². The Morgan fingerprint density at radius 1 is 1.11 bits per heavy atom. The summed E-state index contributed by atoms with van der Waals surface area (Å²) >= 11 is 5.83. The molecule has 0 saturated heterocycles. The van der Waals surface area contributed by atoms with E-state index in [0.29, 0.717) is 17.3 Å². The normalized spacial score (nSPS) is 14.6. The molecule has 0 aromatic heterocycles. The second-order valence-electron chi connectivity index (χ2n) is 6.55. The molecule has 2 N–H and O–H groups in total. The lowest BCUT2D eigenvalue weighted by molar-refractivity contribution is -0.862. The maximum absolute atomic E-state index is 12.5. The zero-order chi connectivity index (χ0) is 19.2. The summed E-state index contributed by atoms with van der Waals surface area (Å²) in [6, 6.07) is 16.8. The molecule has 0 aliphatic carbocycles. The minimum Gasteiger partial charge on any atom is -0.322 e. The third kappa shape index (κ3) is 5.39. The van der Waals surface area contributed by atoms with E-state index in [9.17, 15) is 9.59 Å². The minimum atomic E-state index is -0.155. The molecule has 0 saturated carbocycles. The van der Waals surface area contributed by atoms with Crippen LogP contribution in [0.25, 0.3) is 0 Å². The topological polar surface area (TPSA) is 66.2 Å². The van der Waals surface area contributed by atoms with Gasteiger partial charge in [-0.1, -0.05) is 41.9 Å². The third-order valence-electron chi connectivity index (χ3n) is 4.24. The number of hydrogen-bond donors (Lipinski definition) is 2. The fourth-order valence-electron chi connectivity index (χ4n) is 2.90. The van der Waals surface area contributed by atoms with Gasteiger partial charge >= 0.3 is 0 Å². The van der Waals surface area contributed by atoms with Crippen molar-refractivity contribution in [2.75, 3.05) is 32.0 Å². The summed E-state index contributed by atoms with van der Waals surface area (Å²) in [7, 11) is 1.82. The van der Waals surface area contributed by atoms with Crippen LogP contribution in [0.15, 0.2) is 59.7 Å². The number of nitrogens with zero attached hydrogens (tertiary/aromatic N) is 2. The van der Waals surface area contributed by atoms with Crippen molar-refractivity contribution in [3.63, 3.8) is 0 Å². The van der Waals surface area contributed by atoms with Gasteiger partial charge in [-0.3, -0.25) is 9.59 Å². The van der Waals surface area contributed by atoms with E-state index < -0.39 is 0 Å². The number of likely N-dealkylation sites (N-methyl/N-ethyl adjacent to an activating group) is 1. The highest BCUT2D eigenvalue weighted by Gasteiger charge is 2.24. The molecular formula is C20H22ClN4O2+. The van der Waals surface area contributed by atoms with Crippen molar-refractivity contribution in [2.45, 2.75) is 6.42 Å². The third-order valence-corrected chi connectivity index (χ3v) is 4.49. The molecule has 1 aliphatic heterocycles. The SMILES string of the molecule is C[NH+](CC(=O)Nc1ccc(Cl)cc1)CC(=O)N1CCC(c2ccccc2)=N1. The average molecular weight is 386 g/mol. The van der Waals surface area contributed by atoms with Crippen molar-refractivity contribution in [2.24, 2.45) is 5.10 Å². The molecule has 2 aromatic rings.